The molecule has 2 atom stereocenters. The van der Waals surface area contributed by atoms with Gasteiger partial charge in [0.1, 0.15) is 0 Å². The molecule has 20 heavy (non-hydrogen) atoms. The third-order valence-corrected chi connectivity index (χ3v) is 5.31. The summed E-state index contributed by atoms with van der Waals surface area (Å²) in [6.45, 7) is 0.915. The number of hydrogen-bond acceptors (Lipinski definition) is 5. The number of ether oxygens (including phenoxy) is 1. The van der Waals surface area contributed by atoms with E-state index in [1.54, 1.807) is 11.8 Å². The molecule has 1 fully saturated rings. The van der Waals surface area contributed by atoms with Crippen LogP contribution in [0.25, 0.3) is 0 Å². The SMILES string of the molecule is OC[C@H](O)C[C@@H](O)C1(Sc2ccccc2)CCOCC1. The van der Waals surface area contributed by atoms with Gasteiger partial charge in [-0.3, -0.25) is 0 Å². The highest BCUT2D eigenvalue weighted by molar-refractivity contribution is 8.00. The van der Waals surface area contributed by atoms with Gasteiger partial charge in [-0.25, -0.2) is 0 Å². The predicted octanol–water partition coefficient (Wildman–Crippen LogP) is 1.43. The van der Waals surface area contributed by atoms with Crippen molar-refractivity contribution in [1.82, 2.24) is 0 Å². The van der Waals surface area contributed by atoms with Crippen LogP contribution in [0.4, 0.5) is 0 Å². The maximum absolute atomic E-state index is 10.5. The average Bonchev–Trinajstić information content (AvgIpc) is 2.49. The second-order valence-electron chi connectivity index (χ2n) is 5.18. The molecule has 0 unspecified atom stereocenters. The molecule has 5 heteroatoms. The Hall–Kier alpha value is -0.590. The van der Waals surface area contributed by atoms with Crippen molar-refractivity contribution in [3.05, 3.63) is 30.3 Å². The van der Waals surface area contributed by atoms with E-state index in [0.717, 1.165) is 17.7 Å². The number of hydrogen-bond donors (Lipinski definition) is 3. The second kappa shape index (κ2) is 7.43. The Kier molecular flexibility index (Phi) is 5.86. The van der Waals surface area contributed by atoms with Gasteiger partial charge in [0.2, 0.25) is 0 Å². The Balaban J connectivity index is 2.12. The molecule has 1 saturated heterocycles. The van der Waals surface area contributed by atoms with Crippen molar-refractivity contribution in [2.45, 2.75) is 41.1 Å². The van der Waals surface area contributed by atoms with Gasteiger partial charge in [-0.2, -0.15) is 0 Å². The lowest BCUT2D eigenvalue weighted by atomic mass is 9.89. The number of rotatable bonds is 6. The first kappa shape index (κ1) is 15.8. The van der Waals surface area contributed by atoms with Crippen LogP contribution in [-0.2, 0) is 4.74 Å². The molecule has 1 aliphatic rings. The van der Waals surface area contributed by atoms with Crippen LogP contribution in [-0.4, -0.2) is 52.1 Å². The lowest BCUT2D eigenvalue weighted by Crippen LogP contribution is -2.45. The Bertz CT molecular complexity index is 392. The number of aliphatic hydroxyl groups excluding tert-OH is 3. The van der Waals surface area contributed by atoms with E-state index in [1.807, 2.05) is 30.3 Å². The van der Waals surface area contributed by atoms with E-state index in [4.69, 9.17) is 9.84 Å². The largest absolute Gasteiger partial charge is 0.394 e. The fourth-order valence-corrected chi connectivity index (χ4v) is 3.86. The molecule has 1 aromatic carbocycles. The minimum absolute atomic E-state index is 0.191. The van der Waals surface area contributed by atoms with Crippen LogP contribution in [0.1, 0.15) is 19.3 Å². The zero-order valence-electron chi connectivity index (χ0n) is 11.4. The van der Waals surface area contributed by atoms with Gasteiger partial charge in [-0.15, -0.1) is 11.8 Å². The van der Waals surface area contributed by atoms with Gasteiger partial charge in [0.25, 0.3) is 0 Å². The van der Waals surface area contributed by atoms with E-state index in [9.17, 15) is 10.2 Å². The Morgan fingerprint density at radius 1 is 1.15 bits per heavy atom. The summed E-state index contributed by atoms with van der Waals surface area (Å²) in [4.78, 5) is 1.10. The van der Waals surface area contributed by atoms with Crippen molar-refractivity contribution >= 4 is 11.8 Å². The molecule has 0 radical (unpaired) electrons. The average molecular weight is 298 g/mol. The summed E-state index contributed by atoms with van der Waals surface area (Å²) in [6.07, 6.45) is 0.133. The zero-order valence-corrected chi connectivity index (χ0v) is 12.3. The van der Waals surface area contributed by atoms with Crippen LogP contribution in [0, 0.1) is 0 Å². The molecule has 4 nitrogen and oxygen atoms in total. The smallest absolute Gasteiger partial charge is 0.0796 e. The highest BCUT2D eigenvalue weighted by Gasteiger charge is 2.41. The van der Waals surface area contributed by atoms with Gasteiger partial charge >= 0.3 is 0 Å². The normalized spacial score (nSPS) is 21.4. The maximum Gasteiger partial charge on any atom is 0.0796 e. The van der Waals surface area contributed by atoms with E-state index in [-0.39, 0.29) is 17.8 Å². The van der Waals surface area contributed by atoms with E-state index in [1.165, 1.54) is 0 Å². The zero-order chi connectivity index (χ0) is 14.4. The fourth-order valence-electron chi connectivity index (χ4n) is 2.49. The molecule has 0 saturated carbocycles. The summed E-state index contributed by atoms with van der Waals surface area (Å²) >= 11 is 1.65. The van der Waals surface area contributed by atoms with Crippen molar-refractivity contribution in [2.75, 3.05) is 19.8 Å². The van der Waals surface area contributed by atoms with E-state index in [0.29, 0.717) is 13.2 Å². The van der Waals surface area contributed by atoms with Crippen molar-refractivity contribution in [3.8, 4) is 0 Å². The first-order valence-electron chi connectivity index (χ1n) is 6.95. The molecule has 0 bridgehead atoms. The first-order chi connectivity index (χ1) is 9.66. The minimum atomic E-state index is -0.874. The third-order valence-electron chi connectivity index (χ3n) is 3.72. The standard InChI is InChI=1S/C15H22O4S/c16-11-12(17)10-14(18)15(6-8-19-9-7-15)20-13-4-2-1-3-5-13/h1-5,12,14,16-18H,6-11H2/t12-,14-/m1/s1. The monoisotopic (exact) mass is 298 g/mol. The van der Waals surface area contributed by atoms with Crippen molar-refractivity contribution < 1.29 is 20.1 Å². The van der Waals surface area contributed by atoms with Gasteiger partial charge in [-0.05, 0) is 25.0 Å². The number of thioether (sulfide) groups is 1. The molecular weight excluding hydrogens is 276 g/mol. The van der Waals surface area contributed by atoms with Gasteiger partial charge in [0.15, 0.2) is 0 Å². The highest BCUT2D eigenvalue weighted by atomic mass is 32.2. The van der Waals surface area contributed by atoms with Crippen LogP contribution in [0.5, 0.6) is 0 Å². The fraction of sp³-hybridized carbons (Fsp3) is 0.600. The topological polar surface area (TPSA) is 69.9 Å². The molecule has 0 aliphatic carbocycles. The summed E-state index contributed by atoms with van der Waals surface area (Å²) in [7, 11) is 0. The van der Waals surface area contributed by atoms with E-state index >= 15 is 0 Å². The third kappa shape index (κ3) is 3.96. The summed E-state index contributed by atoms with van der Waals surface area (Å²) < 4.78 is 5.06. The molecule has 3 N–H and O–H groups in total. The molecule has 1 aromatic rings. The van der Waals surface area contributed by atoms with Crippen LogP contribution in [0.3, 0.4) is 0 Å². The van der Waals surface area contributed by atoms with E-state index in [2.05, 4.69) is 0 Å². The Labute approximate surface area is 123 Å². The molecule has 0 amide bonds. The maximum atomic E-state index is 10.5. The van der Waals surface area contributed by atoms with Crippen LogP contribution >= 0.6 is 11.8 Å². The number of aliphatic hydroxyl groups is 3. The van der Waals surface area contributed by atoms with Crippen molar-refractivity contribution in [3.63, 3.8) is 0 Å². The van der Waals surface area contributed by atoms with Crippen molar-refractivity contribution in [1.29, 1.82) is 0 Å². The first-order valence-corrected chi connectivity index (χ1v) is 7.77. The second-order valence-corrected chi connectivity index (χ2v) is 6.67. The van der Waals surface area contributed by atoms with Crippen molar-refractivity contribution in [2.24, 2.45) is 0 Å². The molecule has 2 rings (SSSR count). The molecule has 1 heterocycles. The quantitative estimate of drug-likeness (QED) is 0.741. The highest BCUT2D eigenvalue weighted by Crippen LogP contribution is 2.44. The lowest BCUT2D eigenvalue weighted by molar-refractivity contribution is -0.00810. The Morgan fingerprint density at radius 3 is 2.40 bits per heavy atom. The summed E-state index contributed by atoms with van der Waals surface area (Å²) in [6, 6.07) is 9.97. The van der Waals surface area contributed by atoms with Gasteiger partial charge in [0, 0.05) is 24.5 Å². The number of benzene rings is 1. The molecule has 0 spiro atoms. The predicted molar refractivity (Wildman–Crippen MR) is 78.8 cm³/mol. The molecule has 112 valence electrons. The van der Waals surface area contributed by atoms with Gasteiger partial charge < -0.3 is 20.1 Å². The Morgan fingerprint density at radius 2 is 1.80 bits per heavy atom. The van der Waals surface area contributed by atoms with E-state index < -0.39 is 12.2 Å². The summed E-state index contributed by atoms with van der Waals surface area (Å²) in [5.74, 6) is 0. The van der Waals surface area contributed by atoms with Crippen LogP contribution in [0.15, 0.2) is 35.2 Å². The van der Waals surface area contributed by atoms with Crippen LogP contribution < -0.4 is 0 Å². The summed E-state index contributed by atoms with van der Waals surface area (Å²) in [5.41, 5.74) is 0. The van der Waals surface area contributed by atoms with Gasteiger partial charge in [0.05, 0.1) is 23.6 Å². The minimum Gasteiger partial charge on any atom is -0.394 e. The molecule has 0 aromatic heterocycles. The van der Waals surface area contributed by atoms with Gasteiger partial charge in [-0.1, -0.05) is 18.2 Å². The summed E-state index contributed by atoms with van der Waals surface area (Å²) in [5, 5.41) is 29.1. The molecular formula is C15H22O4S. The lowest BCUT2D eigenvalue weighted by Gasteiger charge is -2.41. The van der Waals surface area contributed by atoms with Crippen LogP contribution in [0.2, 0.25) is 0 Å². The molecule has 1 aliphatic heterocycles.